The van der Waals surface area contributed by atoms with Gasteiger partial charge in [0, 0.05) is 36.8 Å². The topological polar surface area (TPSA) is 111 Å². The van der Waals surface area contributed by atoms with Crippen LogP contribution in [0.15, 0.2) is 12.1 Å². The minimum Gasteiger partial charge on any atom is -0.598 e. The van der Waals surface area contributed by atoms with E-state index in [1.165, 1.54) is 0 Å². The maximum Gasteiger partial charge on any atom is 0.416 e. The van der Waals surface area contributed by atoms with E-state index in [0.717, 1.165) is 36.9 Å². The Morgan fingerprint density at radius 3 is 2.62 bits per heavy atom. The molecule has 0 fully saturated rings. The summed E-state index contributed by atoms with van der Waals surface area (Å²) in [5.74, 6) is 0.710. The van der Waals surface area contributed by atoms with Crippen molar-refractivity contribution in [3.8, 4) is 6.07 Å². The summed E-state index contributed by atoms with van der Waals surface area (Å²) in [5, 5.41) is 9.27. The lowest BCUT2D eigenvalue weighted by Crippen LogP contribution is -2.44. The first-order valence-corrected chi connectivity index (χ1v) is 13.2. The van der Waals surface area contributed by atoms with Crippen LogP contribution in [0.4, 0.5) is 10.6 Å². The van der Waals surface area contributed by atoms with Gasteiger partial charge in [0.1, 0.15) is 22.2 Å². The minimum absolute atomic E-state index is 0.349. The van der Waals surface area contributed by atoms with Crippen molar-refractivity contribution in [2.24, 2.45) is 0 Å². The Bertz CT molecular complexity index is 845. The van der Waals surface area contributed by atoms with E-state index in [1.807, 2.05) is 47.6 Å². The van der Waals surface area contributed by atoms with Gasteiger partial charge in [0.05, 0.1) is 6.07 Å². The van der Waals surface area contributed by atoms with Crippen molar-refractivity contribution in [2.45, 2.75) is 96.5 Å². The predicted octanol–water partition coefficient (Wildman–Crippen LogP) is 4.44. The zero-order valence-corrected chi connectivity index (χ0v) is 22.3. The van der Waals surface area contributed by atoms with Crippen molar-refractivity contribution in [2.75, 3.05) is 24.7 Å². The molecule has 1 aliphatic rings. The van der Waals surface area contributed by atoms with E-state index in [-0.39, 0.29) is 6.09 Å². The number of hydrogen-bond donors (Lipinski definition) is 1. The van der Waals surface area contributed by atoms with Gasteiger partial charge in [0.25, 0.3) is 0 Å². The van der Waals surface area contributed by atoms with Crippen LogP contribution in [-0.4, -0.2) is 51.8 Å². The molecule has 1 aromatic rings. The maximum atomic E-state index is 12.6. The van der Waals surface area contributed by atoms with Gasteiger partial charge in [0.2, 0.25) is 0 Å². The summed E-state index contributed by atoms with van der Waals surface area (Å²) in [6, 6.07) is 5.81. The molecule has 8 nitrogen and oxygen atoms in total. The standard InChI is InChI=1S/C25H40N4O4S/c1-24(2,3)33-23(30)29-15-7-10-19-13-14-20(27-22(19)29)11-8-16-32-17-9-12-21(18-26)28-34(31)25(4,5)6/h13-14,21,28H,7-12,15-17H2,1-6H3. The summed E-state index contributed by atoms with van der Waals surface area (Å²) in [7, 11) is 0. The molecule has 1 aliphatic heterocycles. The quantitative estimate of drug-likeness (QED) is 0.380. The largest absolute Gasteiger partial charge is 0.598 e. The van der Waals surface area contributed by atoms with Crippen LogP contribution in [0.5, 0.6) is 0 Å². The molecule has 34 heavy (non-hydrogen) atoms. The van der Waals surface area contributed by atoms with Crippen LogP contribution in [-0.2, 0) is 33.7 Å². The number of aromatic nitrogens is 1. The minimum atomic E-state index is -1.26. The second kappa shape index (κ2) is 12.7. The molecule has 2 rings (SSSR count). The molecule has 0 bridgehead atoms. The number of nitrogens with zero attached hydrogens (tertiary/aromatic N) is 3. The van der Waals surface area contributed by atoms with E-state index in [1.54, 1.807) is 4.90 Å². The molecular formula is C25H40N4O4S. The average Bonchev–Trinajstić information content (AvgIpc) is 2.75. The first-order valence-electron chi connectivity index (χ1n) is 12.1. The van der Waals surface area contributed by atoms with Crippen molar-refractivity contribution in [1.29, 1.82) is 5.26 Å². The van der Waals surface area contributed by atoms with Crippen LogP contribution in [0, 0.1) is 11.3 Å². The van der Waals surface area contributed by atoms with E-state index >= 15 is 0 Å². The molecule has 2 unspecified atom stereocenters. The summed E-state index contributed by atoms with van der Waals surface area (Å²) in [6.45, 7) is 13.0. The Morgan fingerprint density at radius 2 is 1.97 bits per heavy atom. The molecule has 0 saturated heterocycles. The number of nitriles is 1. The van der Waals surface area contributed by atoms with Crippen LogP contribution in [0.3, 0.4) is 0 Å². The fourth-order valence-corrected chi connectivity index (χ4v) is 4.20. The lowest BCUT2D eigenvalue weighted by atomic mass is 10.0. The highest BCUT2D eigenvalue weighted by atomic mass is 32.2. The summed E-state index contributed by atoms with van der Waals surface area (Å²) >= 11 is -1.26. The highest BCUT2D eigenvalue weighted by Gasteiger charge is 2.30. The molecule has 9 heteroatoms. The Labute approximate surface area is 207 Å². The average molecular weight is 493 g/mol. The van der Waals surface area contributed by atoms with E-state index in [9.17, 15) is 14.6 Å². The highest BCUT2D eigenvalue weighted by molar-refractivity contribution is 7.90. The molecule has 0 aliphatic carbocycles. The van der Waals surface area contributed by atoms with Crippen molar-refractivity contribution >= 4 is 23.3 Å². The number of carbonyl (C=O) groups is 1. The second-order valence-corrected chi connectivity index (χ2v) is 12.6. The van der Waals surface area contributed by atoms with Gasteiger partial charge in [-0.1, -0.05) is 6.07 Å². The Balaban J connectivity index is 1.75. The maximum absolute atomic E-state index is 12.6. The number of carbonyl (C=O) groups excluding carboxylic acids is 1. The Morgan fingerprint density at radius 1 is 1.26 bits per heavy atom. The molecule has 0 spiro atoms. The van der Waals surface area contributed by atoms with Gasteiger partial charge in [-0.3, -0.25) is 4.90 Å². The molecule has 1 aromatic heterocycles. The lowest BCUT2D eigenvalue weighted by molar-refractivity contribution is 0.0576. The van der Waals surface area contributed by atoms with Crippen LogP contribution in [0.25, 0.3) is 0 Å². The lowest BCUT2D eigenvalue weighted by Gasteiger charge is -2.31. The molecule has 0 aromatic carbocycles. The Kier molecular flexibility index (Phi) is 10.6. The molecule has 1 amide bonds. The fourth-order valence-electron chi connectivity index (χ4n) is 3.42. The molecule has 1 N–H and O–H groups in total. The molecule has 0 radical (unpaired) electrons. The fraction of sp³-hybridized carbons (Fsp3) is 0.720. The van der Waals surface area contributed by atoms with E-state index in [4.69, 9.17) is 14.5 Å². The van der Waals surface area contributed by atoms with Gasteiger partial charge in [-0.25, -0.2) is 9.78 Å². The van der Waals surface area contributed by atoms with Gasteiger partial charge in [-0.15, -0.1) is 4.72 Å². The Hall–Kier alpha value is -1.86. The van der Waals surface area contributed by atoms with Gasteiger partial charge < -0.3 is 14.0 Å². The zero-order chi connectivity index (χ0) is 25.4. The van der Waals surface area contributed by atoms with Gasteiger partial charge in [0.15, 0.2) is 0 Å². The number of fused-ring (bicyclic) bond motifs is 1. The molecular weight excluding hydrogens is 452 g/mol. The molecule has 190 valence electrons. The van der Waals surface area contributed by atoms with Crippen molar-refractivity contribution in [1.82, 2.24) is 9.71 Å². The molecule has 2 atom stereocenters. The third-order valence-electron chi connectivity index (χ3n) is 5.18. The van der Waals surface area contributed by atoms with E-state index in [2.05, 4.69) is 16.9 Å². The van der Waals surface area contributed by atoms with Crippen LogP contribution in [0.2, 0.25) is 0 Å². The summed E-state index contributed by atoms with van der Waals surface area (Å²) in [6.07, 6.45) is 4.33. The summed E-state index contributed by atoms with van der Waals surface area (Å²) in [4.78, 5) is 19.0. The van der Waals surface area contributed by atoms with Crippen molar-refractivity contribution in [3.63, 3.8) is 0 Å². The number of anilines is 1. The number of hydrogen-bond acceptors (Lipinski definition) is 7. The SMILES string of the molecule is CC(C)(C)OC(=O)N1CCCc2ccc(CCCOCCCC(C#N)N[S+]([O-])C(C)(C)C)nc21. The zero-order valence-electron chi connectivity index (χ0n) is 21.5. The number of nitrogens with one attached hydrogen (secondary N) is 1. The molecule has 2 heterocycles. The van der Waals surface area contributed by atoms with Crippen LogP contribution < -0.4 is 9.62 Å². The third-order valence-corrected chi connectivity index (χ3v) is 6.79. The number of aryl methyl sites for hydroxylation is 2. The van der Waals surface area contributed by atoms with Crippen LogP contribution >= 0.6 is 0 Å². The number of rotatable bonds is 10. The smallest absolute Gasteiger partial charge is 0.416 e. The normalized spacial score (nSPS) is 15.9. The summed E-state index contributed by atoms with van der Waals surface area (Å²) < 4.78 is 25.9. The number of pyridine rings is 1. The van der Waals surface area contributed by atoms with Crippen molar-refractivity contribution < 1.29 is 18.8 Å². The predicted molar refractivity (Wildman–Crippen MR) is 135 cm³/mol. The number of amides is 1. The monoisotopic (exact) mass is 492 g/mol. The van der Waals surface area contributed by atoms with Gasteiger partial charge in [-0.2, -0.15) is 5.26 Å². The third kappa shape index (κ3) is 9.41. The number of ether oxygens (including phenoxy) is 2. The first-order chi connectivity index (χ1) is 15.9. The van der Waals surface area contributed by atoms with Gasteiger partial charge in [-0.05, 0) is 91.7 Å². The van der Waals surface area contributed by atoms with E-state index in [0.29, 0.717) is 38.4 Å². The second-order valence-electron chi connectivity index (χ2n) is 10.6. The molecule has 0 saturated carbocycles. The van der Waals surface area contributed by atoms with Crippen molar-refractivity contribution in [3.05, 3.63) is 23.4 Å². The first kappa shape index (κ1) is 28.4. The van der Waals surface area contributed by atoms with Crippen LogP contribution in [0.1, 0.15) is 78.5 Å². The summed E-state index contributed by atoms with van der Waals surface area (Å²) in [5.41, 5.74) is 1.46. The van der Waals surface area contributed by atoms with Gasteiger partial charge >= 0.3 is 6.09 Å². The van der Waals surface area contributed by atoms with E-state index < -0.39 is 27.8 Å². The highest BCUT2D eigenvalue weighted by Crippen LogP contribution is 2.27.